The third kappa shape index (κ3) is 4.28. The molecular weight excluding hydrogens is 256 g/mol. The molecule has 1 rings (SSSR count). The molecule has 5 nitrogen and oxygen atoms in total. The minimum atomic E-state index is -0.307. The van der Waals surface area contributed by atoms with Gasteiger partial charge in [0, 0.05) is 13.1 Å². The topological polar surface area (TPSA) is 67.4 Å². The van der Waals surface area contributed by atoms with Crippen LogP contribution in [0.25, 0.3) is 0 Å². The van der Waals surface area contributed by atoms with Crippen LogP contribution in [0.5, 0.6) is 5.75 Å². The van der Waals surface area contributed by atoms with Gasteiger partial charge in [0.25, 0.3) is 5.91 Å². The van der Waals surface area contributed by atoms with Crippen molar-refractivity contribution in [3.63, 3.8) is 0 Å². The highest BCUT2D eigenvalue weighted by Crippen LogP contribution is 2.22. The first kappa shape index (κ1) is 15.5. The molecule has 106 valence electrons. The van der Waals surface area contributed by atoms with Gasteiger partial charge >= 0.3 is 0 Å². The van der Waals surface area contributed by atoms with E-state index in [1.165, 1.54) is 20.2 Å². The SMILES string of the molecule is C/C=C/C=C/C(=O)Nc1ccc(OC)cc1C(=O)NC. The van der Waals surface area contributed by atoms with Crippen LogP contribution in [0.2, 0.25) is 0 Å². The summed E-state index contributed by atoms with van der Waals surface area (Å²) in [5.74, 6) is -0.0545. The van der Waals surface area contributed by atoms with Gasteiger partial charge in [-0.3, -0.25) is 9.59 Å². The lowest BCUT2D eigenvalue weighted by atomic mass is 10.1. The number of rotatable bonds is 5. The standard InChI is InChI=1S/C15H18N2O3/c1-4-5-6-7-14(18)17-13-9-8-11(20-3)10-12(13)15(19)16-2/h4-10H,1-3H3,(H,16,19)(H,17,18)/b5-4+,7-6+. The molecule has 0 aliphatic rings. The van der Waals surface area contributed by atoms with Crippen molar-refractivity contribution in [2.45, 2.75) is 6.92 Å². The van der Waals surface area contributed by atoms with Crippen LogP contribution in [0.3, 0.4) is 0 Å². The van der Waals surface area contributed by atoms with Gasteiger partial charge in [-0.2, -0.15) is 0 Å². The number of hydrogen-bond donors (Lipinski definition) is 2. The smallest absolute Gasteiger partial charge is 0.253 e. The molecule has 0 saturated carbocycles. The van der Waals surface area contributed by atoms with Crippen molar-refractivity contribution in [3.05, 3.63) is 48.1 Å². The Morgan fingerprint density at radius 2 is 2.00 bits per heavy atom. The summed E-state index contributed by atoms with van der Waals surface area (Å²) in [7, 11) is 3.04. The normalized spacial score (nSPS) is 10.8. The summed E-state index contributed by atoms with van der Waals surface area (Å²) in [5, 5.41) is 5.18. The number of benzene rings is 1. The van der Waals surface area contributed by atoms with Crippen LogP contribution >= 0.6 is 0 Å². The van der Waals surface area contributed by atoms with Crippen LogP contribution < -0.4 is 15.4 Å². The van der Waals surface area contributed by atoms with Crippen molar-refractivity contribution in [3.8, 4) is 5.75 Å². The van der Waals surface area contributed by atoms with Gasteiger partial charge in [-0.05, 0) is 25.1 Å². The summed E-state index contributed by atoms with van der Waals surface area (Å²) in [5.41, 5.74) is 0.778. The molecule has 1 aromatic carbocycles. The first-order valence-electron chi connectivity index (χ1n) is 6.12. The van der Waals surface area contributed by atoms with E-state index in [1.807, 2.05) is 13.0 Å². The van der Waals surface area contributed by atoms with Gasteiger partial charge in [0.05, 0.1) is 18.4 Å². The lowest BCUT2D eigenvalue weighted by Crippen LogP contribution is -2.21. The summed E-state index contributed by atoms with van der Waals surface area (Å²) in [6, 6.07) is 4.88. The van der Waals surface area contributed by atoms with E-state index in [0.717, 1.165) is 0 Å². The third-order valence-electron chi connectivity index (χ3n) is 2.51. The first-order valence-corrected chi connectivity index (χ1v) is 6.12. The monoisotopic (exact) mass is 274 g/mol. The van der Waals surface area contributed by atoms with Gasteiger partial charge < -0.3 is 15.4 Å². The van der Waals surface area contributed by atoms with Crippen molar-refractivity contribution in [1.82, 2.24) is 5.32 Å². The molecule has 2 amide bonds. The van der Waals surface area contributed by atoms with Crippen molar-refractivity contribution in [2.75, 3.05) is 19.5 Å². The van der Waals surface area contributed by atoms with Gasteiger partial charge in [-0.1, -0.05) is 18.2 Å². The van der Waals surface area contributed by atoms with E-state index in [1.54, 1.807) is 30.4 Å². The van der Waals surface area contributed by atoms with Crippen molar-refractivity contribution in [1.29, 1.82) is 0 Å². The second-order valence-corrected chi connectivity index (χ2v) is 3.86. The highest BCUT2D eigenvalue weighted by Gasteiger charge is 2.12. The Hall–Kier alpha value is -2.56. The second-order valence-electron chi connectivity index (χ2n) is 3.86. The zero-order valence-electron chi connectivity index (χ0n) is 11.8. The number of nitrogens with one attached hydrogen (secondary N) is 2. The summed E-state index contributed by atoms with van der Waals surface area (Å²) >= 11 is 0. The number of anilines is 1. The minimum Gasteiger partial charge on any atom is -0.497 e. The molecule has 0 fully saturated rings. The van der Waals surface area contributed by atoms with Crippen molar-refractivity contribution in [2.24, 2.45) is 0 Å². The molecule has 5 heteroatoms. The third-order valence-corrected chi connectivity index (χ3v) is 2.51. The van der Waals surface area contributed by atoms with Crippen LogP contribution in [-0.2, 0) is 4.79 Å². The predicted molar refractivity (Wildman–Crippen MR) is 79.0 cm³/mol. The van der Waals surface area contributed by atoms with Gasteiger partial charge in [0.15, 0.2) is 0 Å². The predicted octanol–water partition coefficient (Wildman–Crippen LogP) is 2.13. The Labute approximate surface area is 118 Å². The first-order chi connectivity index (χ1) is 9.62. The van der Waals surface area contributed by atoms with E-state index < -0.39 is 0 Å². The molecule has 0 atom stereocenters. The Bertz CT molecular complexity index is 548. The molecule has 0 heterocycles. The fraction of sp³-hybridized carbons (Fsp3) is 0.200. The van der Waals surface area contributed by atoms with Crippen LogP contribution in [0, 0.1) is 0 Å². The molecule has 1 aromatic rings. The molecule has 0 aliphatic carbocycles. The molecule has 2 N–H and O–H groups in total. The molecular formula is C15H18N2O3. The number of carbonyl (C=O) groups is 2. The number of carbonyl (C=O) groups excluding carboxylic acids is 2. The average molecular weight is 274 g/mol. The molecule has 20 heavy (non-hydrogen) atoms. The average Bonchev–Trinajstić information content (AvgIpc) is 2.47. The maximum Gasteiger partial charge on any atom is 0.253 e. The lowest BCUT2D eigenvalue weighted by molar-refractivity contribution is -0.111. The van der Waals surface area contributed by atoms with Gasteiger partial charge in [-0.25, -0.2) is 0 Å². The molecule has 0 bridgehead atoms. The van der Waals surface area contributed by atoms with Crippen LogP contribution in [0.1, 0.15) is 17.3 Å². The van der Waals surface area contributed by atoms with Crippen LogP contribution in [0.15, 0.2) is 42.5 Å². The highest BCUT2D eigenvalue weighted by atomic mass is 16.5. The number of methoxy groups -OCH3 is 1. The van der Waals surface area contributed by atoms with E-state index in [0.29, 0.717) is 17.0 Å². The number of amides is 2. The van der Waals surface area contributed by atoms with E-state index in [2.05, 4.69) is 10.6 Å². The minimum absolute atomic E-state index is 0.295. The molecule has 0 spiro atoms. The van der Waals surface area contributed by atoms with Crippen LogP contribution in [0.4, 0.5) is 5.69 Å². The molecule has 0 saturated heterocycles. The lowest BCUT2D eigenvalue weighted by Gasteiger charge is -2.10. The summed E-state index contributed by atoms with van der Waals surface area (Å²) < 4.78 is 5.07. The number of allylic oxidation sites excluding steroid dienone is 3. The maximum absolute atomic E-state index is 11.8. The fourth-order valence-corrected chi connectivity index (χ4v) is 1.51. The van der Waals surface area contributed by atoms with Gasteiger partial charge in [0.1, 0.15) is 5.75 Å². The highest BCUT2D eigenvalue weighted by molar-refractivity contribution is 6.06. The largest absolute Gasteiger partial charge is 0.497 e. The van der Waals surface area contributed by atoms with E-state index in [-0.39, 0.29) is 11.8 Å². The quantitative estimate of drug-likeness (QED) is 0.638. The summed E-state index contributed by atoms with van der Waals surface area (Å²) in [6.45, 7) is 1.86. The van der Waals surface area contributed by atoms with Crippen molar-refractivity contribution < 1.29 is 14.3 Å². The summed E-state index contributed by atoms with van der Waals surface area (Å²) in [6.07, 6.45) is 6.57. The summed E-state index contributed by atoms with van der Waals surface area (Å²) in [4.78, 5) is 23.5. The van der Waals surface area contributed by atoms with Crippen LogP contribution in [-0.4, -0.2) is 26.0 Å². The Kier molecular flexibility index (Phi) is 6.03. The molecule has 0 unspecified atom stereocenters. The molecule has 0 aliphatic heterocycles. The molecule has 0 radical (unpaired) electrons. The van der Waals surface area contributed by atoms with E-state index >= 15 is 0 Å². The Morgan fingerprint density at radius 3 is 2.60 bits per heavy atom. The zero-order valence-corrected chi connectivity index (χ0v) is 11.8. The fourth-order valence-electron chi connectivity index (χ4n) is 1.51. The van der Waals surface area contributed by atoms with E-state index in [4.69, 9.17) is 4.74 Å². The number of ether oxygens (including phenoxy) is 1. The zero-order chi connectivity index (χ0) is 15.0. The number of hydrogen-bond acceptors (Lipinski definition) is 3. The molecule has 0 aromatic heterocycles. The van der Waals surface area contributed by atoms with Crippen molar-refractivity contribution >= 4 is 17.5 Å². The van der Waals surface area contributed by atoms with E-state index in [9.17, 15) is 9.59 Å². The Morgan fingerprint density at radius 1 is 1.25 bits per heavy atom. The van der Waals surface area contributed by atoms with Gasteiger partial charge in [0.2, 0.25) is 5.91 Å². The van der Waals surface area contributed by atoms with Gasteiger partial charge in [-0.15, -0.1) is 0 Å². The second kappa shape index (κ2) is 7.78. The maximum atomic E-state index is 11.8. The Balaban J connectivity index is 2.99.